The molecule has 0 bridgehead atoms. The lowest BCUT2D eigenvalue weighted by atomic mass is 10.1. The largest absolute Gasteiger partial charge is 0.376 e. The standard InChI is InChI=1S/C21H23N3OS/c1-13-10-11-16(14(2)12-13)21-22-15(3)19(26-21)20(25)23-17-8-6-7-9-18(17)24(4)5/h6-12H,1-5H3,(H,23,25). The molecule has 1 N–H and O–H groups in total. The van der Waals surface area contributed by atoms with E-state index in [1.54, 1.807) is 0 Å². The van der Waals surface area contributed by atoms with Gasteiger partial charge in [-0.25, -0.2) is 4.98 Å². The van der Waals surface area contributed by atoms with Crippen LogP contribution >= 0.6 is 11.3 Å². The summed E-state index contributed by atoms with van der Waals surface area (Å²) in [6, 6.07) is 14.1. The first-order chi connectivity index (χ1) is 12.4. The lowest BCUT2D eigenvalue weighted by Crippen LogP contribution is -2.16. The van der Waals surface area contributed by atoms with Crippen molar-refractivity contribution in [2.75, 3.05) is 24.3 Å². The summed E-state index contributed by atoms with van der Waals surface area (Å²) < 4.78 is 0. The first-order valence-corrected chi connectivity index (χ1v) is 9.31. The van der Waals surface area contributed by atoms with Gasteiger partial charge in [-0.3, -0.25) is 4.79 Å². The van der Waals surface area contributed by atoms with Crippen molar-refractivity contribution in [3.63, 3.8) is 0 Å². The molecule has 5 heteroatoms. The maximum atomic E-state index is 12.8. The van der Waals surface area contributed by atoms with E-state index >= 15 is 0 Å². The van der Waals surface area contributed by atoms with Crippen molar-refractivity contribution < 1.29 is 4.79 Å². The molecule has 1 aromatic heterocycles. The molecule has 26 heavy (non-hydrogen) atoms. The number of carbonyl (C=O) groups excluding carboxylic acids is 1. The summed E-state index contributed by atoms with van der Waals surface area (Å²) in [5, 5.41) is 3.91. The van der Waals surface area contributed by atoms with Crippen molar-refractivity contribution in [2.24, 2.45) is 0 Å². The molecule has 4 nitrogen and oxygen atoms in total. The molecule has 2 aromatic carbocycles. The molecular weight excluding hydrogens is 342 g/mol. The van der Waals surface area contributed by atoms with Crippen LogP contribution in [0.15, 0.2) is 42.5 Å². The maximum Gasteiger partial charge on any atom is 0.267 e. The zero-order valence-corrected chi connectivity index (χ0v) is 16.6. The van der Waals surface area contributed by atoms with Gasteiger partial charge in [-0.15, -0.1) is 11.3 Å². The zero-order valence-electron chi connectivity index (χ0n) is 15.8. The maximum absolute atomic E-state index is 12.8. The van der Waals surface area contributed by atoms with Crippen molar-refractivity contribution in [3.05, 3.63) is 64.2 Å². The number of nitrogens with zero attached hydrogens (tertiary/aromatic N) is 2. The molecule has 134 valence electrons. The fourth-order valence-electron chi connectivity index (χ4n) is 2.92. The van der Waals surface area contributed by atoms with Crippen molar-refractivity contribution in [1.29, 1.82) is 0 Å². The molecule has 3 rings (SSSR count). The van der Waals surface area contributed by atoms with Crippen LogP contribution in [0, 0.1) is 20.8 Å². The van der Waals surface area contributed by atoms with Crippen LogP contribution < -0.4 is 10.2 Å². The van der Waals surface area contributed by atoms with Gasteiger partial charge in [-0.1, -0.05) is 35.9 Å². The fraction of sp³-hybridized carbons (Fsp3) is 0.238. The minimum atomic E-state index is -0.120. The number of rotatable bonds is 4. The zero-order chi connectivity index (χ0) is 18.8. The summed E-state index contributed by atoms with van der Waals surface area (Å²) in [5.41, 5.74) is 5.99. The third-order valence-electron chi connectivity index (χ3n) is 4.25. The smallest absolute Gasteiger partial charge is 0.267 e. The molecule has 0 radical (unpaired) electrons. The molecule has 0 spiro atoms. The van der Waals surface area contributed by atoms with Gasteiger partial charge in [-0.05, 0) is 38.5 Å². The molecule has 0 fully saturated rings. The van der Waals surface area contributed by atoms with Gasteiger partial charge in [-0.2, -0.15) is 0 Å². The van der Waals surface area contributed by atoms with Crippen molar-refractivity contribution in [1.82, 2.24) is 4.98 Å². The van der Waals surface area contributed by atoms with Crippen LogP contribution in [0.4, 0.5) is 11.4 Å². The van der Waals surface area contributed by atoms with E-state index in [9.17, 15) is 4.79 Å². The third kappa shape index (κ3) is 3.63. The molecule has 0 saturated carbocycles. The van der Waals surface area contributed by atoms with E-state index in [-0.39, 0.29) is 5.91 Å². The Kier molecular flexibility index (Phi) is 5.09. The molecule has 3 aromatic rings. The number of nitrogens with one attached hydrogen (secondary N) is 1. The summed E-state index contributed by atoms with van der Waals surface area (Å²) in [5.74, 6) is -0.120. The Labute approximate surface area is 158 Å². The Bertz CT molecular complexity index is 960. The van der Waals surface area contributed by atoms with Gasteiger partial charge < -0.3 is 10.2 Å². The van der Waals surface area contributed by atoms with Crippen LogP contribution in [0.5, 0.6) is 0 Å². The first-order valence-electron chi connectivity index (χ1n) is 8.49. The number of aromatic nitrogens is 1. The number of hydrogen-bond acceptors (Lipinski definition) is 4. The monoisotopic (exact) mass is 365 g/mol. The minimum absolute atomic E-state index is 0.120. The van der Waals surface area contributed by atoms with Crippen LogP contribution in [-0.2, 0) is 0 Å². The van der Waals surface area contributed by atoms with E-state index in [1.165, 1.54) is 22.5 Å². The Morgan fingerprint density at radius 1 is 1.08 bits per heavy atom. The molecule has 0 aliphatic rings. The summed E-state index contributed by atoms with van der Waals surface area (Å²) in [6.07, 6.45) is 0. The van der Waals surface area contributed by atoms with E-state index in [1.807, 2.05) is 50.2 Å². The van der Waals surface area contributed by atoms with Crippen LogP contribution in [0.1, 0.15) is 26.5 Å². The normalized spacial score (nSPS) is 10.7. The Hall–Kier alpha value is -2.66. The first kappa shape index (κ1) is 18.1. The second-order valence-electron chi connectivity index (χ2n) is 6.62. The molecule has 1 amide bonds. The average molecular weight is 366 g/mol. The van der Waals surface area contributed by atoms with E-state index in [0.717, 1.165) is 27.6 Å². The predicted molar refractivity (Wildman–Crippen MR) is 110 cm³/mol. The second-order valence-corrected chi connectivity index (χ2v) is 7.62. The molecular formula is C21H23N3OS. The highest BCUT2D eigenvalue weighted by Crippen LogP contribution is 2.32. The van der Waals surface area contributed by atoms with E-state index in [4.69, 9.17) is 0 Å². The van der Waals surface area contributed by atoms with Crippen LogP contribution in [0.2, 0.25) is 0 Å². The summed E-state index contributed by atoms with van der Waals surface area (Å²) in [4.78, 5) is 20.1. The van der Waals surface area contributed by atoms with E-state index in [0.29, 0.717) is 4.88 Å². The van der Waals surface area contributed by atoms with Gasteiger partial charge in [0.2, 0.25) is 0 Å². The van der Waals surface area contributed by atoms with Crippen LogP contribution in [0.3, 0.4) is 0 Å². The number of benzene rings is 2. The summed E-state index contributed by atoms with van der Waals surface area (Å²) in [6.45, 7) is 6.04. The summed E-state index contributed by atoms with van der Waals surface area (Å²) in [7, 11) is 3.92. The highest BCUT2D eigenvalue weighted by atomic mass is 32.1. The van der Waals surface area contributed by atoms with Gasteiger partial charge in [0.1, 0.15) is 9.88 Å². The van der Waals surface area contributed by atoms with E-state index in [2.05, 4.69) is 42.3 Å². The fourth-order valence-corrected chi connectivity index (χ4v) is 3.98. The van der Waals surface area contributed by atoms with Crippen molar-refractivity contribution >= 4 is 28.6 Å². The lowest BCUT2D eigenvalue weighted by Gasteiger charge is -2.17. The van der Waals surface area contributed by atoms with Crippen molar-refractivity contribution in [3.8, 4) is 10.6 Å². The predicted octanol–water partition coefficient (Wildman–Crippen LogP) is 5.05. The molecule has 0 atom stereocenters. The highest BCUT2D eigenvalue weighted by Gasteiger charge is 2.18. The minimum Gasteiger partial charge on any atom is -0.376 e. The summed E-state index contributed by atoms with van der Waals surface area (Å²) >= 11 is 1.44. The number of carbonyl (C=O) groups is 1. The lowest BCUT2D eigenvalue weighted by molar-refractivity contribution is 0.103. The third-order valence-corrected chi connectivity index (χ3v) is 5.44. The molecule has 0 aliphatic heterocycles. The number of thiazole rings is 1. The molecule has 0 unspecified atom stereocenters. The van der Waals surface area contributed by atoms with Gasteiger partial charge in [0, 0.05) is 19.7 Å². The van der Waals surface area contributed by atoms with Gasteiger partial charge in [0.25, 0.3) is 5.91 Å². The Balaban J connectivity index is 1.91. The van der Waals surface area contributed by atoms with E-state index < -0.39 is 0 Å². The second kappa shape index (κ2) is 7.30. The SMILES string of the molecule is Cc1ccc(-c2nc(C)c(C(=O)Nc3ccccc3N(C)C)s2)c(C)c1. The number of amides is 1. The number of aryl methyl sites for hydroxylation is 3. The molecule has 0 saturated heterocycles. The van der Waals surface area contributed by atoms with Gasteiger partial charge in [0.05, 0.1) is 17.1 Å². The molecule has 0 aliphatic carbocycles. The number of anilines is 2. The highest BCUT2D eigenvalue weighted by molar-refractivity contribution is 7.17. The topological polar surface area (TPSA) is 45.2 Å². The quantitative estimate of drug-likeness (QED) is 0.703. The molecule has 1 heterocycles. The average Bonchev–Trinajstić information content (AvgIpc) is 2.96. The van der Waals surface area contributed by atoms with Crippen LogP contribution in [-0.4, -0.2) is 25.0 Å². The number of para-hydroxylation sites is 2. The van der Waals surface area contributed by atoms with Crippen LogP contribution in [0.25, 0.3) is 10.6 Å². The Morgan fingerprint density at radius 3 is 2.50 bits per heavy atom. The van der Waals surface area contributed by atoms with Gasteiger partial charge >= 0.3 is 0 Å². The number of hydrogen-bond donors (Lipinski definition) is 1. The Morgan fingerprint density at radius 2 is 1.81 bits per heavy atom. The van der Waals surface area contributed by atoms with Gasteiger partial charge in [0.15, 0.2) is 0 Å². The van der Waals surface area contributed by atoms with Crippen molar-refractivity contribution in [2.45, 2.75) is 20.8 Å².